The number of rotatable bonds is 4. The summed E-state index contributed by atoms with van der Waals surface area (Å²) in [6.45, 7) is 0. The Kier molecular flexibility index (Phi) is 4.55. The number of hydrogen-bond donors (Lipinski definition) is 1. The molecule has 1 aliphatic carbocycles. The zero-order valence-corrected chi connectivity index (χ0v) is 17.9. The van der Waals surface area contributed by atoms with Crippen LogP contribution in [-0.2, 0) is 6.18 Å². The largest absolute Gasteiger partial charge is 0.418 e. The standard InChI is InChI=1S/C24H16F3N5S/c25-24(26,27)17-12-28-9-7-15(17)20-11-19-16(2-1-8-29-19)22(31-20)30-14-5-6-18-21(10-14)33-23(32-18)13-3-4-13/h1-2,5-13H,3-4H2,(H,30,31). The number of aromatic nitrogens is 4. The van der Waals surface area contributed by atoms with E-state index >= 15 is 0 Å². The Balaban J connectivity index is 1.46. The molecule has 164 valence electrons. The molecule has 1 fully saturated rings. The van der Waals surface area contributed by atoms with Crippen molar-refractivity contribution in [3.63, 3.8) is 0 Å². The Morgan fingerprint density at radius 1 is 0.970 bits per heavy atom. The average molecular weight is 463 g/mol. The van der Waals surface area contributed by atoms with Crippen molar-refractivity contribution in [3.05, 3.63) is 71.6 Å². The number of fused-ring (bicyclic) bond motifs is 2. The highest BCUT2D eigenvalue weighted by atomic mass is 32.1. The molecule has 6 rings (SSSR count). The van der Waals surface area contributed by atoms with E-state index in [0.29, 0.717) is 22.6 Å². The summed E-state index contributed by atoms with van der Waals surface area (Å²) in [5.41, 5.74) is 1.58. The number of halogens is 3. The fourth-order valence-corrected chi connectivity index (χ4v) is 4.99. The quantitative estimate of drug-likeness (QED) is 0.313. The molecule has 1 N–H and O–H groups in total. The maximum Gasteiger partial charge on any atom is 0.418 e. The highest BCUT2D eigenvalue weighted by Gasteiger charge is 2.34. The van der Waals surface area contributed by atoms with E-state index < -0.39 is 11.7 Å². The molecular weight excluding hydrogens is 447 g/mol. The van der Waals surface area contributed by atoms with Gasteiger partial charge in [-0.1, -0.05) is 0 Å². The average Bonchev–Trinajstić information content (AvgIpc) is 3.57. The van der Waals surface area contributed by atoms with Crippen LogP contribution in [0.3, 0.4) is 0 Å². The zero-order chi connectivity index (χ0) is 22.6. The summed E-state index contributed by atoms with van der Waals surface area (Å²) in [4.78, 5) is 17.3. The molecule has 0 amide bonds. The molecule has 0 spiro atoms. The molecule has 1 aromatic carbocycles. The van der Waals surface area contributed by atoms with Crippen LogP contribution in [0.4, 0.5) is 24.7 Å². The fourth-order valence-electron chi connectivity index (χ4n) is 3.81. The number of pyridine rings is 3. The lowest BCUT2D eigenvalue weighted by atomic mass is 10.0. The van der Waals surface area contributed by atoms with E-state index in [9.17, 15) is 13.2 Å². The number of nitrogens with zero attached hydrogens (tertiary/aromatic N) is 4. The van der Waals surface area contributed by atoms with E-state index in [0.717, 1.165) is 27.1 Å². The highest BCUT2D eigenvalue weighted by molar-refractivity contribution is 7.18. The van der Waals surface area contributed by atoms with Crippen LogP contribution in [0.15, 0.2) is 61.1 Å². The first-order chi connectivity index (χ1) is 16.0. The topological polar surface area (TPSA) is 63.6 Å². The number of nitrogens with one attached hydrogen (secondary N) is 1. The van der Waals surface area contributed by atoms with Gasteiger partial charge < -0.3 is 5.32 Å². The van der Waals surface area contributed by atoms with Crippen LogP contribution in [0.5, 0.6) is 0 Å². The summed E-state index contributed by atoms with van der Waals surface area (Å²) >= 11 is 1.69. The van der Waals surface area contributed by atoms with Crippen molar-refractivity contribution in [2.24, 2.45) is 0 Å². The summed E-state index contributed by atoms with van der Waals surface area (Å²) in [6.07, 6.45) is 1.59. The normalized spacial score (nSPS) is 14.2. The maximum atomic E-state index is 13.6. The number of anilines is 2. The minimum absolute atomic E-state index is 0.0416. The summed E-state index contributed by atoms with van der Waals surface area (Å²) in [6, 6.07) is 12.4. The van der Waals surface area contributed by atoms with Gasteiger partial charge in [0.25, 0.3) is 0 Å². The fraction of sp³-hybridized carbons (Fsp3) is 0.167. The van der Waals surface area contributed by atoms with Crippen LogP contribution < -0.4 is 5.32 Å². The maximum absolute atomic E-state index is 13.6. The van der Waals surface area contributed by atoms with Crippen LogP contribution in [0.2, 0.25) is 0 Å². The first-order valence-electron chi connectivity index (χ1n) is 10.4. The molecule has 0 aliphatic heterocycles. The monoisotopic (exact) mass is 463 g/mol. The van der Waals surface area contributed by atoms with Crippen molar-refractivity contribution in [3.8, 4) is 11.3 Å². The van der Waals surface area contributed by atoms with Gasteiger partial charge in [0.15, 0.2) is 0 Å². The minimum Gasteiger partial charge on any atom is -0.340 e. The van der Waals surface area contributed by atoms with E-state index in [1.54, 1.807) is 29.7 Å². The molecule has 0 unspecified atom stereocenters. The summed E-state index contributed by atoms with van der Waals surface area (Å²) < 4.78 is 41.9. The lowest BCUT2D eigenvalue weighted by Gasteiger charge is -2.14. The SMILES string of the molecule is FC(F)(F)c1cnccc1-c1cc2ncccc2c(Nc2ccc3nc(C4CC4)sc3c2)n1. The van der Waals surface area contributed by atoms with Gasteiger partial charge in [-0.25, -0.2) is 9.97 Å². The third kappa shape index (κ3) is 3.78. The number of alkyl halides is 3. The second-order valence-electron chi connectivity index (χ2n) is 7.98. The molecule has 0 saturated heterocycles. The van der Waals surface area contributed by atoms with Crippen molar-refractivity contribution in [1.29, 1.82) is 0 Å². The van der Waals surface area contributed by atoms with Crippen LogP contribution in [0.25, 0.3) is 32.4 Å². The van der Waals surface area contributed by atoms with Gasteiger partial charge >= 0.3 is 6.18 Å². The molecule has 0 atom stereocenters. The third-order valence-corrected chi connectivity index (χ3v) is 6.78. The van der Waals surface area contributed by atoms with Crippen molar-refractivity contribution in [2.45, 2.75) is 24.9 Å². The lowest BCUT2D eigenvalue weighted by molar-refractivity contribution is -0.137. The van der Waals surface area contributed by atoms with E-state index in [-0.39, 0.29) is 11.3 Å². The Morgan fingerprint density at radius 3 is 2.67 bits per heavy atom. The molecule has 5 aromatic rings. The van der Waals surface area contributed by atoms with Gasteiger partial charge in [0.1, 0.15) is 5.82 Å². The zero-order valence-electron chi connectivity index (χ0n) is 17.1. The molecular formula is C24H16F3N5S. The molecule has 0 radical (unpaired) electrons. The molecule has 1 saturated carbocycles. The summed E-state index contributed by atoms with van der Waals surface area (Å²) in [5, 5.41) is 5.17. The molecule has 4 heterocycles. The van der Waals surface area contributed by atoms with Crippen molar-refractivity contribution < 1.29 is 13.2 Å². The lowest BCUT2D eigenvalue weighted by Crippen LogP contribution is -2.08. The van der Waals surface area contributed by atoms with E-state index in [2.05, 4.69) is 20.3 Å². The van der Waals surface area contributed by atoms with Crippen LogP contribution in [-0.4, -0.2) is 19.9 Å². The molecule has 33 heavy (non-hydrogen) atoms. The van der Waals surface area contributed by atoms with E-state index in [1.807, 2.05) is 24.3 Å². The first-order valence-corrected chi connectivity index (χ1v) is 11.2. The second kappa shape index (κ2) is 7.48. The minimum atomic E-state index is -4.55. The van der Waals surface area contributed by atoms with Crippen molar-refractivity contribution >= 4 is 44.0 Å². The van der Waals surface area contributed by atoms with Crippen LogP contribution in [0, 0.1) is 0 Å². The number of thiazole rings is 1. The summed E-state index contributed by atoms with van der Waals surface area (Å²) in [5.74, 6) is 1.02. The van der Waals surface area contributed by atoms with Crippen molar-refractivity contribution in [1.82, 2.24) is 19.9 Å². The predicted octanol–water partition coefficient (Wildman–Crippen LogP) is 6.94. The van der Waals surface area contributed by atoms with Gasteiger partial charge in [-0.05, 0) is 55.3 Å². The first kappa shape index (κ1) is 20.0. The van der Waals surface area contributed by atoms with Gasteiger partial charge in [-0.15, -0.1) is 11.3 Å². The Morgan fingerprint density at radius 2 is 1.85 bits per heavy atom. The smallest absolute Gasteiger partial charge is 0.340 e. The molecule has 1 aliphatic rings. The second-order valence-corrected chi connectivity index (χ2v) is 9.04. The Bertz CT molecular complexity index is 1510. The Labute approximate surface area is 190 Å². The van der Waals surface area contributed by atoms with Gasteiger partial charge in [0, 0.05) is 41.1 Å². The van der Waals surface area contributed by atoms with E-state index in [4.69, 9.17) is 4.98 Å². The van der Waals surface area contributed by atoms with E-state index in [1.165, 1.54) is 25.1 Å². The predicted molar refractivity (Wildman–Crippen MR) is 123 cm³/mol. The summed E-state index contributed by atoms with van der Waals surface area (Å²) in [7, 11) is 0. The molecule has 9 heteroatoms. The molecule has 4 aromatic heterocycles. The van der Waals surface area contributed by atoms with Gasteiger partial charge in [-0.2, -0.15) is 13.2 Å². The molecule has 5 nitrogen and oxygen atoms in total. The Hall–Kier alpha value is -3.59. The number of benzene rings is 1. The van der Waals surface area contributed by atoms with Crippen LogP contribution >= 0.6 is 11.3 Å². The third-order valence-electron chi connectivity index (χ3n) is 5.60. The van der Waals surface area contributed by atoms with Crippen molar-refractivity contribution in [2.75, 3.05) is 5.32 Å². The van der Waals surface area contributed by atoms with Gasteiger partial charge in [0.2, 0.25) is 0 Å². The highest BCUT2D eigenvalue weighted by Crippen LogP contribution is 2.44. The van der Waals surface area contributed by atoms with Crippen LogP contribution in [0.1, 0.15) is 29.3 Å². The molecule has 0 bridgehead atoms. The number of hydrogen-bond acceptors (Lipinski definition) is 6. The van der Waals surface area contributed by atoms with Gasteiger partial charge in [0.05, 0.1) is 32.0 Å². The van der Waals surface area contributed by atoms with Gasteiger partial charge in [-0.3, -0.25) is 9.97 Å².